The summed E-state index contributed by atoms with van der Waals surface area (Å²) in [6, 6.07) is 5.33. The van der Waals surface area contributed by atoms with Gasteiger partial charge in [-0.05, 0) is 64.9 Å². The largest absolute Gasteiger partial charge is 0.493 e. The van der Waals surface area contributed by atoms with Crippen molar-refractivity contribution in [2.75, 3.05) is 25.5 Å². The molecule has 0 radical (unpaired) electrons. The van der Waals surface area contributed by atoms with E-state index < -0.39 is 0 Å². The van der Waals surface area contributed by atoms with Crippen molar-refractivity contribution >= 4 is 11.6 Å². The number of nitrogens with one attached hydrogen (secondary N) is 2. The van der Waals surface area contributed by atoms with Gasteiger partial charge in [-0.3, -0.25) is 14.5 Å². The second kappa shape index (κ2) is 8.56. The van der Waals surface area contributed by atoms with E-state index in [0.29, 0.717) is 40.7 Å². The topological polar surface area (TPSA) is 87.3 Å². The van der Waals surface area contributed by atoms with Crippen LogP contribution in [0.4, 0.5) is 5.69 Å². The molecule has 2 aromatic rings. The van der Waals surface area contributed by atoms with Crippen LogP contribution in [0.1, 0.15) is 37.4 Å². The maximum Gasteiger partial charge on any atom is 0.254 e. The van der Waals surface area contributed by atoms with Gasteiger partial charge in [0.2, 0.25) is 5.91 Å². The number of aromatic amines is 1. The zero-order valence-electron chi connectivity index (χ0n) is 17.0. The van der Waals surface area contributed by atoms with E-state index >= 15 is 0 Å². The highest BCUT2D eigenvalue weighted by atomic mass is 16.5. The molecule has 28 heavy (non-hydrogen) atoms. The molecule has 150 valence electrons. The fourth-order valence-electron chi connectivity index (χ4n) is 3.37. The minimum Gasteiger partial charge on any atom is -0.493 e. The SMILES string of the molecule is CCCOc1ccc(NC(=O)C2CCCN2C)cc1-c1nc(C)c(C)c(=O)[nH]1. The summed E-state index contributed by atoms with van der Waals surface area (Å²) in [5.41, 5.74) is 2.40. The second-order valence-electron chi connectivity index (χ2n) is 7.31. The van der Waals surface area contributed by atoms with Crippen LogP contribution in [0, 0.1) is 13.8 Å². The van der Waals surface area contributed by atoms with Crippen LogP contribution in [-0.2, 0) is 4.79 Å². The summed E-state index contributed by atoms with van der Waals surface area (Å²) in [6.07, 6.45) is 2.75. The zero-order valence-corrected chi connectivity index (χ0v) is 17.0. The summed E-state index contributed by atoms with van der Waals surface area (Å²) in [5.74, 6) is 1.05. The van der Waals surface area contributed by atoms with Gasteiger partial charge in [0.25, 0.3) is 5.56 Å². The molecule has 1 fully saturated rings. The maximum atomic E-state index is 12.6. The molecule has 1 atom stereocenters. The van der Waals surface area contributed by atoms with Crippen LogP contribution < -0.4 is 15.6 Å². The lowest BCUT2D eigenvalue weighted by Gasteiger charge is -2.19. The Balaban J connectivity index is 1.95. The fraction of sp³-hybridized carbons (Fsp3) is 0.476. The number of likely N-dealkylation sites (N-methyl/N-ethyl adjacent to an activating group) is 1. The smallest absolute Gasteiger partial charge is 0.254 e. The number of aromatic nitrogens is 2. The monoisotopic (exact) mass is 384 g/mol. The third-order valence-electron chi connectivity index (χ3n) is 5.18. The first kappa shape index (κ1) is 20.1. The molecule has 1 amide bonds. The van der Waals surface area contributed by atoms with Crippen LogP contribution in [0.2, 0.25) is 0 Å². The van der Waals surface area contributed by atoms with Crippen molar-refractivity contribution in [1.82, 2.24) is 14.9 Å². The number of benzene rings is 1. The number of rotatable bonds is 6. The van der Waals surface area contributed by atoms with E-state index in [1.807, 2.05) is 39.1 Å². The summed E-state index contributed by atoms with van der Waals surface area (Å²) in [5, 5.41) is 2.99. The molecule has 1 unspecified atom stereocenters. The maximum absolute atomic E-state index is 12.6. The van der Waals surface area contributed by atoms with E-state index in [2.05, 4.69) is 20.2 Å². The van der Waals surface area contributed by atoms with Crippen molar-refractivity contribution in [3.8, 4) is 17.1 Å². The lowest BCUT2D eigenvalue weighted by atomic mass is 10.1. The van der Waals surface area contributed by atoms with Gasteiger partial charge in [-0.15, -0.1) is 0 Å². The van der Waals surface area contributed by atoms with Crippen LogP contribution in [0.15, 0.2) is 23.0 Å². The highest BCUT2D eigenvalue weighted by molar-refractivity contribution is 5.95. The third-order valence-corrected chi connectivity index (χ3v) is 5.18. The van der Waals surface area contributed by atoms with Crippen LogP contribution in [0.25, 0.3) is 11.4 Å². The van der Waals surface area contributed by atoms with Crippen LogP contribution in [-0.4, -0.2) is 47.0 Å². The van der Waals surface area contributed by atoms with Crippen LogP contribution >= 0.6 is 0 Å². The molecule has 1 aromatic carbocycles. The van der Waals surface area contributed by atoms with Gasteiger partial charge in [0.15, 0.2) is 0 Å². The Morgan fingerprint density at radius 2 is 2.18 bits per heavy atom. The van der Waals surface area contributed by atoms with E-state index in [1.54, 1.807) is 6.92 Å². The highest BCUT2D eigenvalue weighted by Gasteiger charge is 2.27. The van der Waals surface area contributed by atoms with Crippen LogP contribution in [0.5, 0.6) is 5.75 Å². The Morgan fingerprint density at radius 1 is 1.39 bits per heavy atom. The van der Waals surface area contributed by atoms with Crippen molar-refractivity contribution < 1.29 is 9.53 Å². The Hall–Kier alpha value is -2.67. The lowest BCUT2D eigenvalue weighted by Crippen LogP contribution is -2.37. The average molecular weight is 384 g/mol. The molecular weight excluding hydrogens is 356 g/mol. The molecular formula is C21H28N4O3. The van der Waals surface area contributed by atoms with E-state index in [1.165, 1.54) is 0 Å². The molecule has 0 bridgehead atoms. The number of hydrogen-bond donors (Lipinski definition) is 2. The summed E-state index contributed by atoms with van der Waals surface area (Å²) in [7, 11) is 1.97. The van der Waals surface area contributed by atoms with E-state index in [-0.39, 0.29) is 17.5 Å². The number of carbonyl (C=O) groups is 1. The molecule has 7 heteroatoms. The number of H-pyrrole nitrogens is 1. The standard InChI is InChI=1S/C21H28N4O3/c1-5-11-28-18-9-8-15(23-21(27)17-7-6-10-25(17)4)12-16(18)19-22-14(3)13(2)20(26)24-19/h8-9,12,17H,5-7,10-11H2,1-4H3,(H,23,27)(H,22,24,26). The van der Waals surface area contributed by atoms with E-state index in [0.717, 1.165) is 25.8 Å². The minimum atomic E-state index is -0.175. The Bertz CT molecular complexity index is 922. The molecule has 1 saturated heterocycles. The Kier molecular flexibility index (Phi) is 6.14. The van der Waals surface area contributed by atoms with Gasteiger partial charge >= 0.3 is 0 Å². The minimum absolute atomic E-state index is 0.0188. The number of ether oxygens (including phenoxy) is 1. The van der Waals surface area contributed by atoms with Gasteiger partial charge < -0.3 is 15.0 Å². The molecule has 7 nitrogen and oxygen atoms in total. The first-order valence-electron chi connectivity index (χ1n) is 9.76. The van der Waals surface area contributed by atoms with Gasteiger partial charge in [-0.1, -0.05) is 6.92 Å². The van der Waals surface area contributed by atoms with Crippen molar-refractivity contribution in [3.63, 3.8) is 0 Å². The summed E-state index contributed by atoms with van der Waals surface area (Å²) < 4.78 is 5.84. The molecule has 2 N–H and O–H groups in total. The number of amides is 1. The molecule has 0 saturated carbocycles. The summed E-state index contributed by atoms with van der Waals surface area (Å²) in [4.78, 5) is 34.3. The quantitative estimate of drug-likeness (QED) is 0.800. The van der Waals surface area contributed by atoms with Gasteiger partial charge in [-0.25, -0.2) is 4.98 Å². The number of hydrogen-bond acceptors (Lipinski definition) is 5. The van der Waals surface area contributed by atoms with Gasteiger partial charge in [0, 0.05) is 16.9 Å². The number of aryl methyl sites for hydroxylation is 1. The normalized spacial score (nSPS) is 16.9. The van der Waals surface area contributed by atoms with E-state index in [4.69, 9.17) is 4.74 Å². The van der Waals surface area contributed by atoms with Gasteiger partial charge in [-0.2, -0.15) is 0 Å². The van der Waals surface area contributed by atoms with Crippen molar-refractivity contribution in [2.45, 2.75) is 46.1 Å². The Labute approximate surface area is 165 Å². The van der Waals surface area contributed by atoms with E-state index in [9.17, 15) is 9.59 Å². The average Bonchev–Trinajstić information content (AvgIpc) is 3.10. The molecule has 0 spiro atoms. The summed E-state index contributed by atoms with van der Waals surface area (Å²) >= 11 is 0. The van der Waals surface area contributed by atoms with Gasteiger partial charge in [0.05, 0.1) is 18.2 Å². The second-order valence-corrected chi connectivity index (χ2v) is 7.31. The summed E-state index contributed by atoms with van der Waals surface area (Å²) in [6.45, 7) is 7.07. The lowest BCUT2D eigenvalue weighted by molar-refractivity contribution is -0.119. The fourth-order valence-corrected chi connectivity index (χ4v) is 3.37. The highest BCUT2D eigenvalue weighted by Crippen LogP contribution is 2.31. The zero-order chi connectivity index (χ0) is 20.3. The van der Waals surface area contributed by atoms with Crippen molar-refractivity contribution in [2.24, 2.45) is 0 Å². The Morgan fingerprint density at radius 3 is 2.82 bits per heavy atom. The number of likely N-dealkylation sites (tertiary alicyclic amines) is 1. The number of anilines is 1. The molecule has 1 aliphatic rings. The molecule has 2 heterocycles. The predicted octanol–water partition coefficient (Wildman–Crippen LogP) is 2.88. The van der Waals surface area contributed by atoms with Crippen molar-refractivity contribution in [3.05, 3.63) is 39.8 Å². The molecule has 1 aromatic heterocycles. The number of carbonyl (C=O) groups excluding carboxylic acids is 1. The first-order valence-corrected chi connectivity index (χ1v) is 9.76. The predicted molar refractivity (Wildman–Crippen MR) is 110 cm³/mol. The number of nitrogens with zero attached hydrogens (tertiary/aromatic N) is 2. The third kappa shape index (κ3) is 4.25. The molecule has 3 rings (SSSR count). The molecule has 1 aliphatic heterocycles. The van der Waals surface area contributed by atoms with Gasteiger partial charge in [0.1, 0.15) is 11.6 Å². The van der Waals surface area contributed by atoms with Crippen molar-refractivity contribution in [1.29, 1.82) is 0 Å². The van der Waals surface area contributed by atoms with Crippen LogP contribution in [0.3, 0.4) is 0 Å². The first-order chi connectivity index (χ1) is 13.4. The molecule has 0 aliphatic carbocycles.